The fourth-order valence-electron chi connectivity index (χ4n) is 1.28. The molecule has 0 aromatic rings. The number of hydrogen-bond acceptors (Lipinski definition) is 0. The standard InChI is InChI=1S/C10H13F9/c1-3-6(2)8(14,15)10(18,19)9(16,17)7(12,13)4-5-11/h6H,3-5H2,1-2H3. The molecule has 0 spiro atoms. The largest absolute Gasteiger partial charge is 0.378 e. The first-order valence-electron chi connectivity index (χ1n) is 5.36. The van der Waals surface area contributed by atoms with Crippen molar-refractivity contribution in [2.45, 2.75) is 50.4 Å². The maximum Gasteiger partial charge on any atom is 0.378 e. The fraction of sp³-hybridized carbons (Fsp3) is 1.00. The molecule has 0 aromatic heterocycles. The number of rotatable bonds is 7. The summed E-state index contributed by atoms with van der Waals surface area (Å²) in [7, 11) is 0. The van der Waals surface area contributed by atoms with Crippen LogP contribution in [0.25, 0.3) is 0 Å². The topological polar surface area (TPSA) is 0 Å². The van der Waals surface area contributed by atoms with Gasteiger partial charge < -0.3 is 0 Å². The minimum absolute atomic E-state index is 0.539. The molecule has 0 saturated heterocycles. The van der Waals surface area contributed by atoms with Crippen LogP contribution < -0.4 is 0 Å². The molecule has 19 heavy (non-hydrogen) atoms. The van der Waals surface area contributed by atoms with Crippen LogP contribution in [0.4, 0.5) is 39.5 Å². The zero-order valence-electron chi connectivity index (χ0n) is 10.1. The summed E-state index contributed by atoms with van der Waals surface area (Å²) in [4.78, 5) is 0. The number of hydrogen-bond donors (Lipinski definition) is 0. The predicted octanol–water partition coefficient (Wildman–Crippen LogP) is 4.93. The molecule has 0 radical (unpaired) electrons. The molecule has 0 amide bonds. The van der Waals surface area contributed by atoms with E-state index in [9.17, 15) is 39.5 Å². The van der Waals surface area contributed by atoms with Gasteiger partial charge in [0.25, 0.3) is 0 Å². The first kappa shape index (κ1) is 18.4. The normalized spacial score (nSPS) is 16.6. The lowest BCUT2D eigenvalue weighted by atomic mass is 9.88. The molecule has 0 saturated carbocycles. The second kappa shape index (κ2) is 5.40. The van der Waals surface area contributed by atoms with Gasteiger partial charge >= 0.3 is 23.7 Å². The molecule has 9 heteroatoms. The van der Waals surface area contributed by atoms with Crippen molar-refractivity contribution < 1.29 is 39.5 Å². The zero-order chi connectivity index (χ0) is 15.7. The SMILES string of the molecule is CCC(C)C(F)(F)C(F)(F)C(F)(F)C(F)(F)CCF. The Morgan fingerprint density at radius 1 is 0.842 bits per heavy atom. The Hall–Kier alpha value is -0.630. The quantitative estimate of drug-likeness (QED) is 0.585. The van der Waals surface area contributed by atoms with E-state index in [1.165, 1.54) is 0 Å². The van der Waals surface area contributed by atoms with Gasteiger partial charge in [0.15, 0.2) is 0 Å². The lowest BCUT2D eigenvalue weighted by Gasteiger charge is -2.38. The molecule has 0 nitrogen and oxygen atoms in total. The van der Waals surface area contributed by atoms with Crippen LogP contribution in [0.2, 0.25) is 0 Å². The van der Waals surface area contributed by atoms with E-state index in [1.807, 2.05) is 0 Å². The Balaban J connectivity index is 5.62. The summed E-state index contributed by atoms with van der Waals surface area (Å²) in [5.74, 6) is -25.8. The van der Waals surface area contributed by atoms with Gasteiger partial charge in [0, 0.05) is 12.3 Å². The van der Waals surface area contributed by atoms with Crippen LogP contribution in [0, 0.1) is 5.92 Å². The van der Waals surface area contributed by atoms with Crippen LogP contribution in [-0.2, 0) is 0 Å². The summed E-state index contributed by atoms with van der Waals surface area (Å²) in [6, 6.07) is 0. The lowest BCUT2D eigenvalue weighted by molar-refractivity contribution is -0.375. The first-order valence-corrected chi connectivity index (χ1v) is 5.36. The van der Waals surface area contributed by atoms with Crippen molar-refractivity contribution in [3.63, 3.8) is 0 Å². The van der Waals surface area contributed by atoms with E-state index in [0.29, 0.717) is 6.92 Å². The van der Waals surface area contributed by atoms with Gasteiger partial charge in [0.2, 0.25) is 0 Å². The average Bonchev–Trinajstić information content (AvgIpc) is 2.26. The Bertz CT molecular complexity index is 297. The van der Waals surface area contributed by atoms with Crippen LogP contribution in [0.3, 0.4) is 0 Å². The van der Waals surface area contributed by atoms with E-state index in [2.05, 4.69) is 0 Å². The number of halogens is 9. The molecule has 0 rings (SSSR count). The summed E-state index contributed by atoms with van der Waals surface area (Å²) in [6.07, 6.45) is -2.88. The molecular formula is C10H13F9. The van der Waals surface area contributed by atoms with E-state index < -0.39 is 49.1 Å². The summed E-state index contributed by atoms with van der Waals surface area (Å²) >= 11 is 0. The highest BCUT2D eigenvalue weighted by atomic mass is 19.4. The molecule has 0 fully saturated rings. The molecule has 0 heterocycles. The van der Waals surface area contributed by atoms with Crippen molar-refractivity contribution in [1.29, 1.82) is 0 Å². The fourth-order valence-corrected chi connectivity index (χ4v) is 1.28. The van der Waals surface area contributed by atoms with Crippen molar-refractivity contribution >= 4 is 0 Å². The molecule has 116 valence electrons. The molecule has 0 aliphatic carbocycles. The predicted molar refractivity (Wildman–Crippen MR) is 49.8 cm³/mol. The minimum Gasteiger partial charge on any atom is -0.251 e. The third-order valence-corrected chi connectivity index (χ3v) is 2.91. The van der Waals surface area contributed by atoms with Crippen molar-refractivity contribution in [1.82, 2.24) is 0 Å². The van der Waals surface area contributed by atoms with Gasteiger partial charge in [-0.15, -0.1) is 0 Å². The van der Waals surface area contributed by atoms with Gasteiger partial charge in [-0.1, -0.05) is 13.8 Å². The lowest BCUT2D eigenvalue weighted by Crippen LogP contribution is -2.63. The molecule has 0 bridgehead atoms. The summed E-state index contributed by atoms with van der Waals surface area (Å²) < 4.78 is 116. The highest BCUT2D eigenvalue weighted by Gasteiger charge is 2.80. The van der Waals surface area contributed by atoms with Gasteiger partial charge in [-0.2, -0.15) is 35.1 Å². The maximum absolute atomic E-state index is 13.2. The van der Waals surface area contributed by atoms with Crippen LogP contribution in [0.1, 0.15) is 26.7 Å². The second-order valence-electron chi connectivity index (χ2n) is 4.22. The molecule has 0 N–H and O–H groups in total. The van der Waals surface area contributed by atoms with Gasteiger partial charge in [0.05, 0.1) is 6.67 Å². The smallest absolute Gasteiger partial charge is 0.251 e. The van der Waals surface area contributed by atoms with Crippen molar-refractivity contribution in [2.24, 2.45) is 5.92 Å². The minimum atomic E-state index is -6.35. The Morgan fingerprint density at radius 2 is 1.26 bits per heavy atom. The number of alkyl halides is 9. The molecule has 1 unspecified atom stereocenters. The van der Waals surface area contributed by atoms with E-state index in [0.717, 1.165) is 6.92 Å². The van der Waals surface area contributed by atoms with E-state index in [4.69, 9.17) is 0 Å². The maximum atomic E-state index is 13.2. The third-order valence-electron chi connectivity index (χ3n) is 2.91. The third kappa shape index (κ3) is 2.79. The van der Waals surface area contributed by atoms with Gasteiger partial charge in [-0.05, 0) is 6.42 Å². The van der Waals surface area contributed by atoms with Crippen molar-refractivity contribution in [3.8, 4) is 0 Å². The van der Waals surface area contributed by atoms with E-state index >= 15 is 0 Å². The second-order valence-corrected chi connectivity index (χ2v) is 4.22. The van der Waals surface area contributed by atoms with Gasteiger partial charge in [-0.3, -0.25) is 4.39 Å². The summed E-state index contributed by atoms with van der Waals surface area (Å²) in [5.41, 5.74) is 0. The molecular weight excluding hydrogens is 291 g/mol. The summed E-state index contributed by atoms with van der Waals surface area (Å²) in [6.45, 7) is -0.475. The Labute approximate surface area is 104 Å². The van der Waals surface area contributed by atoms with Gasteiger partial charge in [-0.25, -0.2) is 0 Å². The van der Waals surface area contributed by atoms with Crippen LogP contribution in [0.15, 0.2) is 0 Å². The van der Waals surface area contributed by atoms with Crippen LogP contribution in [0.5, 0.6) is 0 Å². The monoisotopic (exact) mass is 304 g/mol. The van der Waals surface area contributed by atoms with Crippen molar-refractivity contribution in [2.75, 3.05) is 6.67 Å². The van der Waals surface area contributed by atoms with Gasteiger partial charge in [0.1, 0.15) is 0 Å². The summed E-state index contributed by atoms with van der Waals surface area (Å²) in [5, 5.41) is 0. The highest BCUT2D eigenvalue weighted by Crippen LogP contribution is 2.55. The van der Waals surface area contributed by atoms with Crippen LogP contribution >= 0.6 is 0 Å². The molecule has 1 atom stereocenters. The van der Waals surface area contributed by atoms with E-state index in [1.54, 1.807) is 0 Å². The highest BCUT2D eigenvalue weighted by molar-refractivity contribution is 5.04. The first-order chi connectivity index (χ1) is 8.29. The van der Waals surface area contributed by atoms with Crippen LogP contribution in [-0.4, -0.2) is 30.4 Å². The Kier molecular flexibility index (Phi) is 5.22. The van der Waals surface area contributed by atoms with Crippen molar-refractivity contribution in [3.05, 3.63) is 0 Å². The Morgan fingerprint density at radius 3 is 1.58 bits per heavy atom. The molecule has 0 aliphatic rings. The molecule has 0 aliphatic heterocycles. The molecule has 0 aromatic carbocycles. The zero-order valence-corrected chi connectivity index (χ0v) is 10.1. The van der Waals surface area contributed by atoms with E-state index in [-0.39, 0.29) is 0 Å². The average molecular weight is 304 g/mol.